The summed E-state index contributed by atoms with van der Waals surface area (Å²) in [4.78, 5) is 35.1. The molecule has 1 aliphatic rings. The van der Waals surface area contributed by atoms with E-state index in [-0.39, 0.29) is 24.5 Å². The molecule has 1 saturated carbocycles. The van der Waals surface area contributed by atoms with Gasteiger partial charge < -0.3 is 15.4 Å². The van der Waals surface area contributed by atoms with Crippen LogP contribution in [0.1, 0.15) is 51.5 Å². The maximum atomic E-state index is 12.0. The van der Waals surface area contributed by atoms with E-state index in [1.807, 2.05) is 13.8 Å². The smallest absolute Gasteiger partial charge is 0.329 e. The van der Waals surface area contributed by atoms with Gasteiger partial charge >= 0.3 is 11.8 Å². The summed E-state index contributed by atoms with van der Waals surface area (Å²) in [5.74, 6) is -0.815. The van der Waals surface area contributed by atoms with Crippen molar-refractivity contribution in [2.45, 2.75) is 52.0 Å². The van der Waals surface area contributed by atoms with Gasteiger partial charge in [-0.05, 0) is 48.6 Å². The molecule has 0 aliphatic heterocycles. The van der Waals surface area contributed by atoms with Crippen molar-refractivity contribution in [3.05, 3.63) is 29.8 Å². The lowest BCUT2D eigenvalue weighted by atomic mass is 9.95. The minimum absolute atomic E-state index is 0.0223. The molecule has 1 aromatic carbocycles. The first kappa shape index (κ1) is 22.4. The fourth-order valence-electron chi connectivity index (χ4n) is 2.91. The Labute approximate surface area is 171 Å². The molecular weight excluding hydrogens is 372 g/mol. The molecule has 0 radical (unpaired) electrons. The maximum Gasteiger partial charge on any atom is 0.329 e. The summed E-state index contributed by atoms with van der Waals surface area (Å²) in [5.41, 5.74) is 2.90. The monoisotopic (exact) mass is 402 g/mol. The van der Waals surface area contributed by atoms with Crippen LogP contribution in [-0.2, 0) is 14.4 Å². The molecule has 29 heavy (non-hydrogen) atoms. The molecule has 8 nitrogen and oxygen atoms in total. The summed E-state index contributed by atoms with van der Waals surface area (Å²) in [5, 5.41) is 9.29. The summed E-state index contributed by atoms with van der Waals surface area (Å²) in [6.07, 6.45) is 7.07. The summed E-state index contributed by atoms with van der Waals surface area (Å²) in [7, 11) is 0. The number of nitrogens with zero attached hydrogens (tertiary/aromatic N) is 1. The zero-order valence-electron chi connectivity index (χ0n) is 17.1. The second-order valence-electron chi connectivity index (χ2n) is 7.56. The van der Waals surface area contributed by atoms with Crippen LogP contribution in [-0.4, -0.2) is 43.1 Å². The van der Waals surface area contributed by atoms with Gasteiger partial charge in [-0.3, -0.25) is 14.4 Å². The number of carbonyl (C=O) groups is 3. The molecule has 0 heterocycles. The molecule has 1 aliphatic carbocycles. The number of rotatable bonds is 8. The molecular formula is C21H30N4O4. The molecule has 0 atom stereocenters. The number of hydrazone groups is 1. The molecule has 158 valence electrons. The zero-order chi connectivity index (χ0) is 21.1. The number of amides is 3. The Morgan fingerprint density at radius 2 is 1.79 bits per heavy atom. The van der Waals surface area contributed by atoms with Gasteiger partial charge in [0.15, 0.2) is 6.61 Å². The molecule has 1 aromatic rings. The normalized spacial score (nSPS) is 14.6. The van der Waals surface area contributed by atoms with Crippen LogP contribution in [0.4, 0.5) is 0 Å². The van der Waals surface area contributed by atoms with Crippen molar-refractivity contribution in [1.82, 2.24) is 16.1 Å². The van der Waals surface area contributed by atoms with Crippen molar-refractivity contribution < 1.29 is 19.1 Å². The van der Waals surface area contributed by atoms with Gasteiger partial charge in [0, 0.05) is 12.6 Å². The molecule has 0 aromatic heterocycles. The maximum absolute atomic E-state index is 12.0. The Morgan fingerprint density at radius 3 is 2.45 bits per heavy atom. The van der Waals surface area contributed by atoms with Gasteiger partial charge in [0.2, 0.25) is 0 Å². The average molecular weight is 402 g/mol. The van der Waals surface area contributed by atoms with Gasteiger partial charge in [-0.25, -0.2) is 5.43 Å². The largest absolute Gasteiger partial charge is 0.484 e. The van der Waals surface area contributed by atoms with E-state index in [9.17, 15) is 14.4 Å². The van der Waals surface area contributed by atoms with E-state index in [1.165, 1.54) is 12.6 Å². The fraction of sp³-hybridized carbons (Fsp3) is 0.524. The topological polar surface area (TPSA) is 109 Å². The highest BCUT2D eigenvalue weighted by Gasteiger charge is 2.15. The van der Waals surface area contributed by atoms with Crippen molar-refractivity contribution in [3.63, 3.8) is 0 Å². The Morgan fingerprint density at radius 1 is 1.10 bits per heavy atom. The number of hydrogen-bond donors (Lipinski definition) is 3. The van der Waals surface area contributed by atoms with Crippen molar-refractivity contribution in [3.8, 4) is 5.75 Å². The third-order valence-electron chi connectivity index (χ3n) is 4.48. The van der Waals surface area contributed by atoms with Crippen molar-refractivity contribution in [1.29, 1.82) is 0 Å². The highest BCUT2D eigenvalue weighted by atomic mass is 16.5. The Kier molecular flexibility index (Phi) is 9.14. The van der Waals surface area contributed by atoms with Gasteiger partial charge in [-0.15, -0.1) is 0 Å². The van der Waals surface area contributed by atoms with Crippen LogP contribution in [0.2, 0.25) is 0 Å². The second-order valence-corrected chi connectivity index (χ2v) is 7.56. The van der Waals surface area contributed by atoms with Crippen LogP contribution < -0.4 is 20.8 Å². The summed E-state index contributed by atoms with van der Waals surface area (Å²) in [6.45, 7) is 4.28. The third kappa shape index (κ3) is 8.76. The lowest BCUT2D eigenvalue weighted by molar-refractivity contribution is -0.139. The van der Waals surface area contributed by atoms with E-state index in [2.05, 4.69) is 21.2 Å². The fourth-order valence-corrected chi connectivity index (χ4v) is 2.91. The highest BCUT2D eigenvalue weighted by molar-refractivity contribution is 6.35. The first-order chi connectivity index (χ1) is 13.9. The number of benzene rings is 1. The van der Waals surface area contributed by atoms with Crippen LogP contribution >= 0.6 is 0 Å². The molecule has 1 fully saturated rings. The second kappa shape index (κ2) is 11.8. The van der Waals surface area contributed by atoms with Crippen LogP contribution in [0.3, 0.4) is 0 Å². The van der Waals surface area contributed by atoms with Gasteiger partial charge in [0.1, 0.15) is 5.75 Å². The molecule has 0 spiro atoms. The van der Waals surface area contributed by atoms with Gasteiger partial charge in [-0.1, -0.05) is 33.1 Å². The lowest BCUT2D eigenvalue weighted by Gasteiger charge is -2.22. The van der Waals surface area contributed by atoms with E-state index in [4.69, 9.17) is 4.74 Å². The van der Waals surface area contributed by atoms with Gasteiger partial charge in [0.25, 0.3) is 5.91 Å². The number of carbonyl (C=O) groups excluding carboxylic acids is 3. The van der Waals surface area contributed by atoms with Gasteiger partial charge in [-0.2, -0.15) is 5.10 Å². The summed E-state index contributed by atoms with van der Waals surface area (Å²) >= 11 is 0. The van der Waals surface area contributed by atoms with Crippen LogP contribution in [0, 0.1) is 5.92 Å². The highest BCUT2D eigenvalue weighted by Crippen LogP contribution is 2.17. The Hall–Kier alpha value is -2.90. The van der Waals surface area contributed by atoms with E-state index >= 15 is 0 Å². The van der Waals surface area contributed by atoms with E-state index in [1.54, 1.807) is 24.3 Å². The standard InChI is InChI=1S/C21H30N4O4/c1-15(2)12-22-20(27)21(28)25-23-13-16-8-10-18(11-9-16)29-14-19(26)24-17-6-4-3-5-7-17/h8-11,13,15,17H,3-7,12,14H2,1-2H3,(H,22,27)(H,24,26)(H,25,28)/b23-13-. The predicted molar refractivity (Wildman–Crippen MR) is 111 cm³/mol. The van der Waals surface area contributed by atoms with Crippen molar-refractivity contribution in [2.24, 2.45) is 11.0 Å². The van der Waals surface area contributed by atoms with E-state index in [0.29, 0.717) is 17.9 Å². The number of nitrogens with one attached hydrogen (secondary N) is 3. The van der Waals surface area contributed by atoms with Crippen molar-refractivity contribution in [2.75, 3.05) is 13.2 Å². The summed E-state index contributed by atoms with van der Waals surface area (Å²) in [6, 6.07) is 7.17. The first-order valence-electron chi connectivity index (χ1n) is 10.1. The summed E-state index contributed by atoms with van der Waals surface area (Å²) < 4.78 is 5.51. The molecule has 0 saturated heterocycles. The number of ether oxygens (including phenoxy) is 1. The Bertz CT molecular complexity index is 710. The number of hydrogen-bond acceptors (Lipinski definition) is 5. The predicted octanol–water partition coefficient (Wildman–Crippen LogP) is 1.74. The lowest BCUT2D eigenvalue weighted by Crippen LogP contribution is -2.39. The molecule has 3 N–H and O–H groups in total. The molecule has 0 bridgehead atoms. The Balaban J connectivity index is 1.70. The molecule has 2 rings (SSSR count). The molecule has 0 unspecified atom stereocenters. The SMILES string of the molecule is CC(C)CNC(=O)C(=O)N/N=C\c1ccc(OCC(=O)NC2CCCCC2)cc1. The van der Waals surface area contributed by atoms with Crippen LogP contribution in [0.25, 0.3) is 0 Å². The zero-order valence-corrected chi connectivity index (χ0v) is 17.1. The minimum Gasteiger partial charge on any atom is -0.484 e. The van der Waals surface area contributed by atoms with Crippen LogP contribution in [0.15, 0.2) is 29.4 Å². The third-order valence-corrected chi connectivity index (χ3v) is 4.48. The molecule has 8 heteroatoms. The van der Waals surface area contributed by atoms with Crippen molar-refractivity contribution >= 4 is 23.9 Å². The molecule has 3 amide bonds. The average Bonchev–Trinajstić information content (AvgIpc) is 2.72. The van der Waals surface area contributed by atoms with E-state index in [0.717, 1.165) is 25.7 Å². The first-order valence-corrected chi connectivity index (χ1v) is 10.1. The quantitative estimate of drug-likeness (QED) is 0.350. The van der Waals surface area contributed by atoms with E-state index < -0.39 is 11.8 Å². The van der Waals surface area contributed by atoms with Gasteiger partial charge in [0.05, 0.1) is 6.21 Å². The minimum atomic E-state index is -0.814. The van der Waals surface area contributed by atoms with Crippen LogP contribution in [0.5, 0.6) is 5.75 Å².